The van der Waals surface area contributed by atoms with E-state index in [1.54, 1.807) is 30.3 Å². The van der Waals surface area contributed by atoms with Crippen molar-refractivity contribution in [2.45, 2.75) is 0 Å². The highest BCUT2D eigenvalue weighted by molar-refractivity contribution is 9.11. The van der Waals surface area contributed by atoms with Gasteiger partial charge < -0.3 is 10.1 Å². The van der Waals surface area contributed by atoms with Gasteiger partial charge >= 0.3 is 5.97 Å². The van der Waals surface area contributed by atoms with Gasteiger partial charge in [0.1, 0.15) is 0 Å². The molecule has 0 saturated carbocycles. The topological polar surface area (TPSA) is 55.4 Å². The van der Waals surface area contributed by atoms with Crippen molar-refractivity contribution in [3.8, 4) is 0 Å². The number of carbonyl (C=O) groups is 2. The number of amides is 1. The molecular formula is C17H11Br2NO3. The molecule has 1 heterocycles. The Bertz CT molecular complexity index is 842. The second-order valence-corrected chi connectivity index (χ2v) is 6.71. The van der Waals surface area contributed by atoms with Gasteiger partial charge in [-0.1, -0.05) is 28.1 Å². The summed E-state index contributed by atoms with van der Waals surface area (Å²) >= 11 is 6.88. The highest BCUT2D eigenvalue weighted by Crippen LogP contribution is 2.40. The molecule has 0 spiro atoms. The smallest absolute Gasteiger partial charge is 0.337 e. The Kier molecular flexibility index (Phi) is 4.37. The van der Waals surface area contributed by atoms with E-state index >= 15 is 0 Å². The molecule has 0 radical (unpaired) electrons. The molecule has 0 atom stereocenters. The summed E-state index contributed by atoms with van der Waals surface area (Å²) in [5.74, 6) is -0.545. The van der Waals surface area contributed by atoms with Crippen LogP contribution in [-0.4, -0.2) is 19.0 Å². The van der Waals surface area contributed by atoms with Crippen molar-refractivity contribution in [2.75, 3.05) is 12.4 Å². The van der Waals surface area contributed by atoms with E-state index in [1.165, 1.54) is 7.11 Å². The SMILES string of the molecule is COC(=O)c1ccc(/C=C2\C(=O)Nc3c(Br)cc(Br)cc32)cc1. The van der Waals surface area contributed by atoms with E-state index < -0.39 is 0 Å². The molecule has 2 aromatic carbocycles. The number of anilines is 1. The Balaban J connectivity index is 2.01. The molecule has 23 heavy (non-hydrogen) atoms. The molecule has 0 aliphatic carbocycles. The van der Waals surface area contributed by atoms with Crippen LogP contribution in [0.15, 0.2) is 45.3 Å². The third-order valence-corrected chi connectivity index (χ3v) is 4.55. The lowest BCUT2D eigenvalue weighted by atomic mass is 10.0. The van der Waals surface area contributed by atoms with Crippen molar-refractivity contribution in [1.29, 1.82) is 0 Å². The van der Waals surface area contributed by atoms with Crippen LogP contribution in [0.3, 0.4) is 0 Å². The molecule has 1 aliphatic rings. The minimum absolute atomic E-state index is 0.157. The van der Waals surface area contributed by atoms with E-state index in [-0.39, 0.29) is 11.9 Å². The first-order valence-electron chi connectivity index (χ1n) is 6.70. The molecule has 0 fully saturated rings. The molecule has 0 saturated heterocycles. The third kappa shape index (κ3) is 3.09. The zero-order valence-corrected chi connectivity index (χ0v) is 15.2. The van der Waals surface area contributed by atoms with Gasteiger partial charge in [0.25, 0.3) is 5.91 Å². The lowest BCUT2D eigenvalue weighted by Gasteiger charge is -2.03. The van der Waals surface area contributed by atoms with Crippen LogP contribution < -0.4 is 5.32 Å². The van der Waals surface area contributed by atoms with Crippen LogP contribution in [0.5, 0.6) is 0 Å². The summed E-state index contributed by atoms with van der Waals surface area (Å²) in [7, 11) is 1.34. The Morgan fingerprint density at radius 2 is 1.87 bits per heavy atom. The molecule has 2 aromatic rings. The quantitative estimate of drug-likeness (QED) is 0.557. The molecule has 0 unspecified atom stereocenters. The van der Waals surface area contributed by atoms with Gasteiger partial charge in [0.2, 0.25) is 0 Å². The molecule has 3 rings (SSSR count). The largest absolute Gasteiger partial charge is 0.465 e. The van der Waals surface area contributed by atoms with Crippen LogP contribution in [0.2, 0.25) is 0 Å². The number of methoxy groups -OCH3 is 1. The first-order chi connectivity index (χ1) is 11.0. The number of nitrogens with one attached hydrogen (secondary N) is 1. The third-order valence-electron chi connectivity index (χ3n) is 3.47. The Hall–Kier alpha value is -1.92. The van der Waals surface area contributed by atoms with Gasteiger partial charge in [0.05, 0.1) is 18.4 Å². The zero-order valence-electron chi connectivity index (χ0n) is 12.0. The van der Waals surface area contributed by atoms with Gasteiger partial charge in [-0.15, -0.1) is 0 Å². The molecule has 0 aromatic heterocycles. The normalized spacial score (nSPS) is 14.6. The molecule has 0 bridgehead atoms. The molecular weight excluding hydrogens is 426 g/mol. The summed E-state index contributed by atoms with van der Waals surface area (Å²) in [5.41, 5.74) is 3.46. The zero-order chi connectivity index (χ0) is 16.6. The molecule has 116 valence electrons. The van der Waals surface area contributed by atoms with Gasteiger partial charge in [0.15, 0.2) is 0 Å². The van der Waals surface area contributed by atoms with E-state index in [9.17, 15) is 9.59 Å². The Morgan fingerprint density at radius 3 is 2.52 bits per heavy atom. The molecule has 1 amide bonds. The number of hydrogen-bond donors (Lipinski definition) is 1. The fourth-order valence-corrected chi connectivity index (χ4v) is 3.68. The fraction of sp³-hybridized carbons (Fsp3) is 0.0588. The number of benzene rings is 2. The molecule has 1 N–H and O–H groups in total. The lowest BCUT2D eigenvalue weighted by molar-refractivity contribution is -0.110. The summed E-state index contributed by atoms with van der Waals surface area (Å²) in [6.45, 7) is 0. The predicted octanol–water partition coefficient (Wildman–Crippen LogP) is 4.49. The van der Waals surface area contributed by atoms with Gasteiger partial charge in [-0.2, -0.15) is 0 Å². The first-order valence-corrected chi connectivity index (χ1v) is 8.29. The maximum atomic E-state index is 12.2. The van der Waals surface area contributed by atoms with Crippen molar-refractivity contribution in [1.82, 2.24) is 0 Å². The predicted molar refractivity (Wildman–Crippen MR) is 96.1 cm³/mol. The van der Waals surface area contributed by atoms with Crippen molar-refractivity contribution in [2.24, 2.45) is 0 Å². The van der Waals surface area contributed by atoms with Crippen LogP contribution in [0.25, 0.3) is 11.6 Å². The highest BCUT2D eigenvalue weighted by atomic mass is 79.9. The van der Waals surface area contributed by atoms with Crippen molar-refractivity contribution in [3.63, 3.8) is 0 Å². The number of halogens is 2. The fourth-order valence-electron chi connectivity index (χ4n) is 2.36. The van der Waals surface area contributed by atoms with Gasteiger partial charge in [-0.3, -0.25) is 4.79 Å². The van der Waals surface area contributed by atoms with Crippen molar-refractivity contribution in [3.05, 3.63) is 62.0 Å². The average molecular weight is 437 g/mol. The maximum absolute atomic E-state index is 12.2. The van der Waals surface area contributed by atoms with E-state index in [4.69, 9.17) is 0 Å². The van der Waals surface area contributed by atoms with Crippen LogP contribution in [0.1, 0.15) is 21.5 Å². The van der Waals surface area contributed by atoms with E-state index in [2.05, 4.69) is 41.9 Å². The molecule has 6 heteroatoms. The van der Waals surface area contributed by atoms with Gasteiger partial charge in [0, 0.05) is 20.1 Å². The van der Waals surface area contributed by atoms with Crippen molar-refractivity contribution < 1.29 is 14.3 Å². The second-order valence-electron chi connectivity index (χ2n) is 4.94. The van der Waals surface area contributed by atoms with E-state index in [1.807, 2.05) is 12.1 Å². The number of ether oxygens (including phenoxy) is 1. The number of fused-ring (bicyclic) bond motifs is 1. The standard InChI is InChI=1S/C17H11Br2NO3/c1-23-17(22)10-4-2-9(3-5-10)6-13-12-7-11(18)8-14(19)15(12)20-16(13)21/h2-8H,1H3,(H,20,21)/b13-6-. The lowest BCUT2D eigenvalue weighted by Crippen LogP contribution is -2.04. The summed E-state index contributed by atoms with van der Waals surface area (Å²) in [5, 5.41) is 2.85. The molecule has 1 aliphatic heterocycles. The Morgan fingerprint density at radius 1 is 1.17 bits per heavy atom. The second kappa shape index (κ2) is 6.29. The molecule has 4 nitrogen and oxygen atoms in total. The van der Waals surface area contributed by atoms with E-state index in [0.717, 1.165) is 25.8 Å². The van der Waals surface area contributed by atoms with Gasteiger partial charge in [-0.25, -0.2) is 4.79 Å². The minimum Gasteiger partial charge on any atom is -0.465 e. The summed E-state index contributed by atoms with van der Waals surface area (Å²) < 4.78 is 6.37. The van der Waals surface area contributed by atoms with Crippen molar-refractivity contribution >= 4 is 61.1 Å². The Labute approximate surface area is 149 Å². The van der Waals surface area contributed by atoms with Gasteiger partial charge in [-0.05, 0) is 51.8 Å². The first kappa shape index (κ1) is 16.0. The number of hydrogen-bond acceptors (Lipinski definition) is 3. The monoisotopic (exact) mass is 435 g/mol. The number of rotatable bonds is 2. The number of carbonyl (C=O) groups excluding carboxylic acids is 2. The average Bonchev–Trinajstić information content (AvgIpc) is 2.84. The summed E-state index contributed by atoms with van der Waals surface area (Å²) in [6, 6.07) is 10.7. The highest BCUT2D eigenvalue weighted by Gasteiger charge is 2.26. The van der Waals surface area contributed by atoms with Crippen LogP contribution in [0, 0.1) is 0 Å². The summed E-state index contributed by atoms with van der Waals surface area (Å²) in [4.78, 5) is 23.7. The van der Waals surface area contributed by atoms with Crippen LogP contribution >= 0.6 is 31.9 Å². The number of esters is 1. The van der Waals surface area contributed by atoms with Crippen LogP contribution in [0.4, 0.5) is 5.69 Å². The van der Waals surface area contributed by atoms with Crippen LogP contribution in [-0.2, 0) is 9.53 Å². The summed E-state index contributed by atoms with van der Waals surface area (Å²) in [6.07, 6.45) is 1.79. The minimum atomic E-state index is -0.388. The van der Waals surface area contributed by atoms with E-state index in [0.29, 0.717) is 11.1 Å². The maximum Gasteiger partial charge on any atom is 0.337 e.